The summed E-state index contributed by atoms with van der Waals surface area (Å²) in [5.74, 6) is 0.227. The zero-order valence-electron chi connectivity index (χ0n) is 6.55. The first-order valence-corrected chi connectivity index (χ1v) is 5.53. The predicted molar refractivity (Wildman–Crippen MR) is 58.6 cm³/mol. The number of thiophene rings is 1. The monoisotopic (exact) mass is 232 g/mol. The molecule has 0 saturated carbocycles. The van der Waals surface area contributed by atoms with Crippen molar-refractivity contribution in [2.45, 2.75) is 10.8 Å². The molecular formula is C9H6ClFS2. The Kier molecular flexibility index (Phi) is 2.49. The fourth-order valence-electron chi connectivity index (χ4n) is 1.18. The molecule has 0 atom stereocenters. The summed E-state index contributed by atoms with van der Waals surface area (Å²) in [6, 6.07) is 3.61. The van der Waals surface area contributed by atoms with Crippen molar-refractivity contribution in [1.29, 1.82) is 0 Å². The second-order valence-corrected chi connectivity index (χ2v) is 4.35. The molecule has 13 heavy (non-hydrogen) atoms. The minimum absolute atomic E-state index is 0.184. The largest absolute Gasteiger partial charge is 0.205 e. The van der Waals surface area contributed by atoms with Crippen LogP contribution >= 0.6 is 35.6 Å². The first kappa shape index (κ1) is 9.31. The van der Waals surface area contributed by atoms with Crippen LogP contribution in [0.4, 0.5) is 4.39 Å². The number of hydrogen-bond donors (Lipinski definition) is 1. The second kappa shape index (κ2) is 3.48. The molecule has 0 amide bonds. The third-order valence-corrected chi connectivity index (χ3v) is 3.49. The molecule has 0 spiro atoms. The summed E-state index contributed by atoms with van der Waals surface area (Å²) in [7, 11) is 0. The summed E-state index contributed by atoms with van der Waals surface area (Å²) in [6.45, 7) is 0. The minimum Gasteiger partial charge on any atom is -0.205 e. The maximum atomic E-state index is 13.1. The maximum Gasteiger partial charge on any atom is 0.141 e. The molecule has 0 nitrogen and oxygen atoms in total. The minimum atomic E-state index is -0.184. The van der Waals surface area contributed by atoms with Gasteiger partial charge in [-0.1, -0.05) is 0 Å². The Balaban J connectivity index is 2.76. The van der Waals surface area contributed by atoms with E-state index in [1.165, 1.54) is 16.7 Å². The number of rotatable bonds is 1. The van der Waals surface area contributed by atoms with E-state index in [0.717, 1.165) is 15.2 Å². The summed E-state index contributed by atoms with van der Waals surface area (Å²) in [5.41, 5.74) is 0.944. The fourth-order valence-corrected chi connectivity index (χ4v) is 2.62. The van der Waals surface area contributed by atoms with Crippen LogP contribution in [-0.2, 0) is 5.88 Å². The van der Waals surface area contributed by atoms with Crippen LogP contribution in [-0.4, -0.2) is 0 Å². The van der Waals surface area contributed by atoms with Crippen LogP contribution in [0.1, 0.15) is 5.56 Å². The molecule has 4 heteroatoms. The molecule has 0 unspecified atom stereocenters. The predicted octanol–water partition coefficient (Wildman–Crippen LogP) is 4.07. The summed E-state index contributed by atoms with van der Waals surface area (Å²) in [6.07, 6.45) is 0. The van der Waals surface area contributed by atoms with Gasteiger partial charge in [0.2, 0.25) is 0 Å². The number of thiol groups is 1. The van der Waals surface area contributed by atoms with Crippen molar-refractivity contribution >= 4 is 45.7 Å². The molecule has 0 N–H and O–H groups in total. The van der Waals surface area contributed by atoms with Crippen LogP contribution in [0.2, 0.25) is 0 Å². The Labute approximate surface area is 89.7 Å². The molecule has 0 aliphatic rings. The topological polar surface area (TPSA) is 0 Å². The van der Waals surface area contributed by atoms with Crippen molar-refractivity contribution in [3.05, 3.63) is 28.9 Å². The molecule has 0 fully saturated rings. The van der Waals surface area contributed by atoms with Crippen molar-refractivity contribution in [1.82, 2.24) is 0 Å². The average molecular weight is 233 g/mol. The third kappa shape index (κ3) is 1.56. The van der Waals surface area contributed by atoms with Gasteiger partial charge in [0.05, 0.1) is 0 Å². The van der Waals surface area contributed by atoms with E-state index in [4.69, 9.17) is 11.6 Å². The molecule has 1 heterocycles. The molecule has 1 aromatic carbocycles. The van der Waals surface area contributed by atoms with Gasteiger partial charge in [-0.2, -0.15) is 0 Å². The molecule has 0 bridgehead atoms. The van der Waals surface area contributed by atoms with Gasteiger partial charge in [-0.3, -0.25) is 0 Å². The SMILES string of the molecule is Fc1csc2cc(CCl)c(S)cc12. The number of fused-ring (bicyclic) bond motifs is 1. The number of benzene rings is 1. The molecule has 68 valence electrons. The zero-order chi connectivity index (χ0) is 9.42. The highest BCUT2D eigenvalue weighted by Crippen LogP contribution is 2.30. The van der Waals surface area contributed by atoms with Gasteiger partial charge in [-0.05, 0) is 17.7 Å². The Morgan fingerprint density at radius 2 is 2.23 bits per heavy atom. The van der Waals surface area contributed by atoms with Crippen molar-refractivity contribution in [3.63, 3.8) is 0 Å². The van der Waals surface area contributed by atoms with Crippen LogP contribution in [0.5, 0.6) is 0 Å². The second-order valence-electron chi connectivity index (χ2n) is 2.69. The van der Waals surface area contributed by atoms with Gasteiger partial charge in [0.25, 0.3) is 0 Å². The van der Waals surface area contributed by atoms with E-state index in [1.807, 2.05) is 6.07 Å². The van der Waals surface area contributed by atoms with E-state index >= 15 is 0 Å². The smallest absolute Gasteiger partial charge is 0.141 e. The molecule has 1 aromatic heterocycles. The summed E-state index contributed by atoms with van der Waals surface area (Å²) in [5, 5.41) is 2.12. The molecular weight excluding hydrogens is 227 g/mol. The normalized spacial score (nSPS) is 11.0. The quantitative estimate of drug-likeness (QED) is 0.556. The van der Waals surface area contributed by atoms with E-state index < -0.39 is 0 Å². The lowest BCUT2D eigenvalue weighted by atomic mass is 10.2. The molecule has 2 aromatic rings. The number of alkyl halides is 1. The zero-order valence-corrected chi connectivity index (χ0v) is 9.02. The average Bonchev–Trinajstić information content (AvgIpc) is 2.47. The lowest BCUT2D eigenvalue weighted by Crippen LogP contribution is -1.80. The van der Waals surface area contributed by atoms with Crippen LogP contribution < -0.4 is 0 Å². The van der Waals surface area contributed by atoms with E-state index in [1.54, 1.807) is 6.07 Å². The summed E-state index contributed by atoms with van der Waals surface area (Å²) >= 11 is 11.3. The Morgan fingerprint density at radius 3 is 2.92 bits per heavy atom. The van der Waals surface area contributed by atoms with Gasteiger partial charge >= 0.3 is 0 Å². The van der Waals surface area contributed by atoms with Gasteiger partial charge in [0.15, 0.2) is 0 Å². The third-order valence-electron chi connectivity index (χ3n) is 1.87. The Morgan fingerprint density at radius 1 is 1.46 bits per heavy atom. The Hall–Kier alpha value is -0.250. The van der Waals surface area contributed by atoms with Gasteiger partial charge in [0, 0.05) is 26.2 Å². The van der Waals surface area contributed by atoms with Gasteiger partial charge in [0.1, 0.15) is 5.82 Å². The van der Waals surface area contributed by atoms with Crippen LogP contribution in [0.15, 0.2) is 22.4 Å². The summed E-state index contributed by atoms with van der Waals surface area (Å²) < 4.78 is 14.0. The molecule has 2 rings (SSSR count). The van der Waals surface area contributed by atoms with Crippen molar-refractivity contribution in [2.24, 2.45) is 0 Å². The molecule has 0 radical (unpaired) electrons. The number of halogens is 2. The van der Waals surface area contributed by atoms with Gasteiger partial charge < -0.3 is 0 Å². The van der Waals surface area contributed by atoms with Crippen LogP contribution in [0.25, 0.3) is 10.1 Å². The highest BCUT2D eigenvalue weighted by Gasteiger charge is 2.06. The van der Waals surface area contributed by atoms with Gasteiger partial charge in [-0.15, -0.1) is 35.6 Å². The lowest BCUT2D eigenvalue weighted by molar-refractivity contribution is 0.644. The van der Waals surface area contributed by atoms with Crippen molar-refractivity contribution in [3.8, 4) is 0 Å². The maximum absolute atomic E-state index is 13.1. The standard InChI is InChI=1S/C9H6ClFS2/c10-3-5-1-9-6(2-8(5)12)7(11)4-13-9/h1-2,4,12H,3H2. The first-order valence-electron chi connectivity index (χ1n) is 3.67. The molecule has 0 aliphatic carbocycles. The summed E-state index contributed by atoms with van der Waals surface area (Å²) in [4.78, 5) is 0.750. The molecule has 0 saturated heterocycles. The highest BCUT2D eigenvalue weighted by atomic mass is 35.5. The lowest BCUT2D eigenvalue weighted by Gasteiger charge is -2.00. The van der Waals surface area contributed by atoms with E-state index in [9.17, 15) is 4.39 Å². The first-order chi connectivity index (χ1) is 6.22. The fraction of sp³-hybridized carbons (Fsp3) is 0.111. The van der Waals surface area contributed by atoms with E-state index in [0.29, 0.717) is 11.3 Å². The Bertz CT molecular complexity index is 450. The number of hydrogen-bond acceptors (Lipinski definition) is 2. The molecule has 0 aliphatic heterocycles. The van der Waals surface area contributed by atoms with Crippen molar-refractivity contribution < 1.29 is 4.39 Å². The van der Waals surface area contributed by atoms with E-state index in [2.05, 4.69) is 12.6 Å². The van der Waals surface area contributed by atoms with Crippen molar-refractivity contribution in [2.75, 3.05) is 0 Å². The van der Waals surface area contributed by atoms with Crippen LogP contribution in [0.3, 0.4) is 0 Å². The van der Waals surface area contributed by atoms with Gasteiger partial charge in [-0.25, -0.2) is 4.39 Å². The van der Waals surface area contributed by atoms with E-state index in [-0.39, 0.29) is 5.82 Å². The van der Waals surface area contributed by atoms with Crippen LogP contribution in [0, 0.1) is 5.82 Å². The highest BCUT2D eigenvalue weighted by molar-refractivity contribution is 7.80.